The molecule has 1 atom stereocenters. The van der Waals surface area contributed by atoms with Crippen LogP contribution >= 0.6 is 0 Å². The highest BCUT2D eigenvalue weighted by Gasteiger charge is 2.17. The summed E-state index contributed by atoms with van der Waals surface area (Å²) in [7, 11) is 0. The van der Waals surface area contributed by atoms with Gasteiger partial charge >= 0.3 is 0 Å². The van der Waals surface area contributed by atoms with Crippen LogP contribution < -0.4 is 10.2 Å². The van der Waals surface area contributed by atoms with Crippen LogP contribution in [0.1, 0.15) is 25.3 Å². The Morgan fingerprint density at radius 3 is 2.87 bits per heavy atom. The van der Waals surface area contributed by atoms with Gasteiger partial charge in [0, 0.05) is 25.8 Å². The largest absolute Gasteiger partial charge is 0.356 e. The van der Waals surface area contributed by atoms with Crippen LogP contribution in [0.4, 0.5) is 16.2 Å². The van der Waals surface area contributed by atoms with Crippen LogP contribution in [0.25, 0.3) is 0 Å². The molecule has 1 aromatic carbocycles. The van der Waals surface area contributed by atoms with Crippen molar-refractivity contribution < 1.29 is 4.39 Å². The second-order valence-corrected chi connectivity index (χ2v) is 6.24. The number of halogens is 1. The minimum absolute atomic E-state index is 0.200. The molecule has 1 aromatic heterocycles. The Labute approximate surface area is 136 Å². The molecule has 4 nitrogen and oxygen atoms in total. The van der Waals surface area contributed by atoms with Gasteiger partial charge in [0.15, 0.2) is 0 Å². The van der Waals surface area contributed by atoms with Gasteiger partial charge in [-0.05, 0) is 48.9 Å². The van der Waals surface area contributed by atoms with Crippen LogP contribution in [0.2, 0.25) is 0 Å². The molecule has 0 spiro atoms. The fraction of sp³-hybridized carbons (Fsp3) is 0.444. The fourth-order valence-electron chi connectivity index (χ4n) is 2.98. The van der Waals surface area contributed by atoms with Gasteiger partial charge in [-0.15, -0.1) is 0 Å². The zero-order valence-electron chi connectivity index (χ0n) is 13.5. The third-order valence-corrected chi connectivity index (χ3v) is 4.23. The molecular formula is C18H23FN4. The molecule has 3 rings (SSSR count). The monoisotopic (exact) mass is 314 g/mol. The van der Waals surface area contributed by atoms with Gasteiger partial charge in [-0.25, -0.2) is 9.37 Å². The molecule has 0 bridgehead atoms. The van der Waals surface area contributed by atoms with Gasteiger partial charge in [0.05, 0.1) is 0 Å². The number of nitrogens with zero attached hydrogens (tertiary/aromatic N) is 3. The third-order valence-electron chi connectivity index (χ3n) is 4.23. The molecule has 1 aliphatic heterocycles. The van der Waals surface area contributed by atoms with Crippen LogP contribution in [-0.4, -0.2) is 29.6 Å². The van der Waals surface area contributed by atoms with E-state index in [2.05, 4.69) is 27.1 Å². The average molecular weight is 314 g/mol. The van der Waals surface area contributed by atoms with Crippen LogP contribution in [0.15, 0.2) is 36.5 Å². The Balaban J connectivity index is 1.56. The molecule has 2 aromatic rings. The summed E-state index contributed by atoms with van der Waals surface area (Å²) in [6.45, 7) is 5.14. The summed E-state index contributed by atoms with van der Waals surface area (Å²) in [6, 6.07) is 8.57. The predicted octanol–water partition coefficient (Wildman–Crippen LogP) is 3.51. The van der Waals surface area contributed by atoms with E-state index in [1.807, 2.05) is 24.4 Å². The highest BCUT2D eigenvalue weighted by molar-refractivity contribution is 5.43. The number of benzene rings is 1. The molecule has 1 fully saturated rings. The average Bonchev–Trinajstić information content (AvgIpc) is 2.57. The molecule has 0 aliphatic carbocycles. The van der Waals surface area contributed by atoms with Gasteiger partial charge in [0.25, 0.3) is 0 Å². The van der Waals surface area contributed by atoms with E-state index in [4.69, 9.17) is 0 Å². The number of aromatic nitrogens is 2. The summed E-state index contributed by atoms with van der Waals surface area (Å²) in [5.74, 6) is 2.17. The summed E-state index contributed by atoms with van der Waals surface area (Å²) < 4.78 is 12.9. The van der Waals surface area contributed by atoms with Gasteiger partial charge < -0.3 is 10.2 Å². The first kappa shape index (κ1) is 15.7. The van der Waals surface area contributed by atoms with E-state index in [0.717, 1.165) is 37.4 Å². The van der Waals surface area contributed by atoms with Crippen molar-refractivity contribution >= 4 is 11.8 Å². The van der Waals surface area contributed by atoms with Crippen molar-refractivity contribution in [2.45, 2.75) is 26.2 Å². The lowest BCUT2D eigenvalue weighted by Crippen LogP contribution is -2.34. The second kappa shape index (κ2) is 7.40. The standard InChI is InChI=1S/C18H23FN4/c1-14-3-2-12-23(13-14)17-9-11-21-18(22-17)20-10-8-15-4-6-16(19)7-5-15/h4-7,9,11,14H,2-3,8,10,12-13H2,1H3,(H,20,21,22). The molecule has 1 aliphatic rings. The van der Waals surface area contributed by atoms with E-state index in [1.54, 1.807) is 0 Å². The zero-order chi connectivity index (χ0) is 16.1. The Bertz CT molecular complexity index is 629. The normalized spacial score (nSPS) is 18.0. The Hall–Kier alpha value is -2.17. The van der Waals surface area contributed by atoms with Crippen LogP contribution in [-0.2, 0) is 6.42 Å². The molecular weight excluding hydrogens is 291 g/mol. The number of hydrogen-bond acceptors (Lipinski definition) is 4. The van der Waals surface area contributed by atoms with E-state index >= 15 is 0 Å². The number of piperidine rings is 1. The van der Waals surface area contributed by atoms with Crippen molar-refractivity contribution in [1.29, 1.82) is 0 Å². The van der Waals surface area contributed by atoms with E-state index in [1.165, 1.54) is 25.0 Å². The van der Waals surface area contributed by atoms with Crippen molar-refractivity contribution in [3.63, 3.8) is 0 Å². The Kier molecular flexibility index (Phi) is 5.05. The molecule has 0 amide bonds. The second-order valence-electron chi connectivity index (χ2n) is 6.24. The Morgan fingerprint density at radius 1 is 1.26 bits per heavy atom. The maximum Gasteiger partial charge on any atom is 0.224 e. The quantitative estimate of drug-likeness (QED) is 0.917. The van der Waals surface area contributed by atoms with E-state index in [9.17, 15) is 4.39 Å². The van der Waals surface area contributed by atoms with Gasteiger partial charge in [-0.2, -0.15) is 4.98 Å². The van der Waals surface area contributed by atoms with Crippen molar-refractivity contribution in [2.24, 2.45) is 5.92 Å². The SMILES string of the molecule is CC1CCCN(c2ccnc(NCCc3ccc(F)cc3)n2)C1. The van der Waals surface area contributed by atoms with Crippen molar-refractivity contribution in [3.8, 4) is 0 Å². The lowest BCUT2D eigenvalue weighted by atomic mass is 10.0. The van der Waals surface area contributed by atoms with Crippen LogP contribution in [0.5, 0.6) is 0 Å². The molecule has 122 valence electrons. The van der Waals surface area contributed by atoms with Gasteiger partial charge in [-0.3, -0.25) is 0 Å². The van der Waals surface area contributed by atoms with Crippen LogP contribution in [0.3, 0.4) is 0 Å². The maximum absolute atomic E-state index is 12.9. The summed E-state index contributed by atoms with van der Waals surface area (Å²) >= 11 is 0. The first-order valence-corrected chi connectivity index (χ1v) is 8.27. The van der Waals surface area contributed by atoms with Gasteiger partial charge in [0.1, 0.15) is 11.6 Å². The molecule has 5 heteroatoms. The molecule has 2 heterocycles. The maximum atomic E-state index is 12.9. The van der Waals surface area contributed by atoms with Crippen LogP contribution in [0, 0.1) is 11.7 Å². The van der Waals surface area contributed by atoms with E-state index in [-0.39, 0.29) is 5.82 Å². The summed E-state index contributed by atoms with van der Waals surface area (Å²) in [4.78, 5) is 11.2. The summed E-state index contributed by atoms with van der Waals surface area (Å²) in [5.41, 5.74) is 1.10. The van der Waals surface area contributed by atoms with Gasteiger partial charge in [-0.1, -0.05) is 19.1 Å². The van der Waals surface area contributed by atoms with Crippen molar-refractivity contribution in [3.05, 3.63) is 47.9 Å². The van der Waals surface area contributed by atoms with Crippen molar-refractivity contribution in [2.75, 3.05) is 29.9 Å². The summed E-state index contributed by atoms with van der Waals surface area (Å²) in [6.07, 6.45) is 5.14. The number of anilines is 2. The molecule has 23 heavy (non-hydrogen) atoms. The predicted molar refractivity (Wildman–Crippen MR) is 91.2 cm³/mol. The lowest BCUT2D eigenvalue weighted by Gasteiger charge is -2.31. The Morgan fingerprint density at radius 2 is 2.09 bits per heavy atom. The number of rotatable bonds is 5. The molecule has 1 N–H and O–H groups in total. The zero-order valence-corrected chi connectivity index (χ0v) is 13.5. The first-order valence-electron chi connectivity index (χ1n) is 8.27. The third kappa shape index (κ3) is 4.41. The number of hydrogen-bond donors (Lipinski definition) is 1. The van der Waals surface area contributed by atoms with E-state index in [0.29, 0.717) is 11.9 Å². The smallest absolute Gasteiger partial charge is 0.224 e. The first-order chi connectivity index (χ1) is 11.2. The fourth-order valence-corrected chi connectivity index (χ4v) is 2.98. The summed E-state index contributed by atoms with van der Waals surface area (Å²) in [5, 5.41) is 3.26. The number of nitrogens with one attached hydrogen (secondary N) is 1. The molecule has 1 saturated heterocycles. The minimum atomic E-state index is -0.200. The minimum Gasteiger partial charge on any atom is -0.356 e. The highest BCUT2D eigenvalue weighted by atomic mass is 19.1. The topological polar surface area (TPSA) is 41.1 Å². The van der Waals surface area contributed by atoms with Crippen molar-refractivity contribution in [1.82, 2.24) is 9.97 Å². The lowest BCUT2D eigenvalue weighted by molar-refractivity contribution is 0.444. The molecule has 0 saturated carbocycles. The molecule has 0 radical (unpaired) electrons. The molecule has 1 unspecified atom stereocenters. The highest BCUT2D eigenvalue weighted by Crippen LogP contribution is 2.21. The van der Waals surface area contributed by atoms with Gasteiger partial charge in [0.2, 0.25) is 5.95 Å². The van der Waals surface area contributed by atoms with E-state index < -0.39 is 0 Å².